The van der Waals surface area contributed by atoms with Crippen LogP contribution in [0.1, 0.15) is 39.7 Å². The second kappa shape index (κ2) is 7.55. The summed E-state index contributed by atoms with van der Waals surface area (Å²) in [6.45, 7) is 6.76. The lowest BCUT2D eigenvalue weighted by atomic mass is 9.88. The molecule has 3 aromatic rings. The quantitative estimate of drug-likeness (QED) is 0.613. The lowest BCUT2D eigenvalue weighted by Crippen LogP contribution is -2.35. The minimum Gasteiger partial charge on any atom is -0.366 e. The molecular weight excluding hydrogens is 398 g/mol. The highest BCUT2D eigenvalue weighted by Gasteiger charge is 2.26. The van der Waals surface area contributed by atoms with E-state index >= 15 is 0 Å². The fraction of sp³-hybridized carbons (Fsp3) is 0.250. The van der Waals surface area contributed by atoms with Crippen LogP contribution in [0.3, 0.4) is 0 Å². The number of aromatic amines is 1. The number of benzene rings is 2. The Morgan fingerprint density at radius 1 is 1.27 bits per heavy atom. The van der Waals surface area contributed by atoms with Gasteiger partial charge in [0.05, 0.1) is 11.1 Å². The number of nitrogens with zero attached hydrogens (tertiary/aromatic N) is 1. The highest BCUT2D eigenvalue weighted by Crippen LogP contribution is 2.42. The molecule has 0 spiro atoms. The summed E-state index contributed by atoms with van der Waals surface area (Å²) in [5.41, 5.74) is 12.9. The number of primary amides is 1. The Kier molecular flexibility index (Phi) is 5.05. The minimum atomic E-state index is -0.518. The fourth-order valence-electron chi connectivity index (χ4n) is 4.28. The first-order valence-electron chi connectivity index (χ1n) is 9.77. The zero-order chi connectivity index (χ0) is 21.6. The third kappa shape index (κ3) is 3.14. The van der Waals surface area contributed by atoms with Gasteiger partial charge in [0, 0.05) is 34.8 Å². The Balaban J connectivity index is 1.93. The van der Waals surface area contributed by atoms with Crippen LogP contribution < -0.4 is 5.73 Å². The molecule has 0 saturated carbocycles. The summed E-state index contributed by atoms with van der Waals surface area (Å²) < 4.78 is 0. The summed E-state index contributed by atoms with van der Waals surface area (Å²) in [6, 6.07) is 7.71. The van der Waals surface area contributed by atoms with Gasteiger partial charge >= 0.3 is 0 Å². The van der Waals surface area contributed by atoms with E-state index in [1.54, 1.807) is 17.9 Å². The van der Waals surface area contributed by atoms with Crippen LogP contribution in [-0.4, -0.2) is 28.2 Å². The van der Waals surface area contributed by atoms with Crippen molar-refractivity contribution in [2.75, 3.05) is 6.54 Å². The van der Waals surface area contributed by atoms with E-state index < -0.39 is 5.91 Å². The number of aryl methyl sites for hydroxylation is 2. The van der Waals surface area contributed by atoms with Crippen LogP contribution in [0.2, 0.25) is 5.02 Å². The molecular formula is C24H22ClN3O2. The smallest absolute Gasteiger partial charge is 0.298 e. The molecule has 0 atom stereocenters. The largest absolute Gasteiger partial charge is 0.366 e. The van der Waals surface area contributed by atoms with Crippen molar-refractivity contribution < 1.29 is 9.59 Å². The van der Waals surface area contributed by atoms with Gasteiger partial charge in [0.15, 0.2) is 0 Å². The first kappa shape index (κ1) is 20.1. The van der Waals surface area contributed by atoms with Gasteiger partial charge in [-0.1, -0.05) is 35.7 Å². The number of carbonyl (C=O) groups excluding carboxylic acids is 2. The maximum Gasteiger partial charge on any atom is 0.298 e. The average Bonchev–Trinajstić information content (AvgIpc) is 3.01. The van der Waals surface area contributed by atoms with Gasteiger partial charge in [0.25, 0.3) is 11.8 Å². The summed E-state index contributed by atoms with van der Waals surface area (Å²) in [7, 11) is 0. The van der Waals surface area contributed by atoms with Crippen molar-refractivity contribution in [2.24, 2.45) is 5.73 Å². The zero-order valence-corrected chi connectivity index (χ0v) is 17.9. The number of halogens is 1. The molecule has 0 saturated heterocycles. The standard InChI is InChI=1S/C24H22ClN3O2/c1-4-6-20(29)28-10-9-16-15(12-28)7-5-8-17(16)22-19(25)11-18(24(26)30)23-21(22)13(2)14(3)27-23/h5,7-8,11,27H,9-10,12H2,1-3H3,(H2,26,30). The van der Waals surface area contributed by atoms with E-state index in [0.717, 1.165) is 33.3 Å². The first-order valence-corrected chi connectivity index (χ1v) is 10.1. The van der Waals surface area contributed by atoms with Crippen molar-refractivity contribution >= 4 is 34.3 Å². The van der Waals surface area contributed by atoms with E-state index in [9.17, 15) is 9.59 Å². The molecule has 3 N–H and O–H groups in total. The molecule has 2 aromatic carbocycles. The summed E-state index contributed by atoms with van der Waals surface area (Å²) >= 11 is 6.73. The van der Waals surface area contributed by atoms with Gasteiger partial charge in [0.2, 0.25) is 0 Å². The number of rotatable bonds is 2. The van der Waals surface area contributed by atoms with Gasteiger partial charge in [0.1, 0.15) is 0 Å². The highest BCUT2D eigenvalue weighted by molar-refractivity contribution is 6.36. The molecule has 0 radical (unpaired) electrons. The summed E-state index contributed by atoms with van der Waals surface area (Å²) in [5, 5.41) is 1.40. The molecule has 0 fully saturated rings. The average molecular weight is 420 g/mol. The number of hydrogen-bond donors (Lipinski definition) is 2. The Morgan fingerprint density at radius 2 is 2.03 bits per heavy atom. The molecule has 152 valence electrons. The van der Waals surface area contributed by atoms with Gasteiger partial charge in [-0.15, -0.1) is 0 Å². The summed E-state index contributed by atoms with van der Waals surface area (Å²) in [5.74, 6) is 4.62. The van der Waals surface area contributed by atoms with E-state index in [4.69, 9.17) is 17.3 Å². The molecule has 2 heterocycles. The van der Waals surface area contributed by atoms with Gasteiger partial charge in [-0.2, -0.15) is 0 Å². The molecule has 0 aliphatic carbocycles. The monoisotopic (exact) mass is 419 g/mol. The molecule has 1 aliphatic heterocycles. The number of nitrogens with one attached hydrogen (secondary N) is 1. The molecule has 1 aliphatic rings. The lowest BCUT2D eigenvalue weighted by molar-refractivity contribution is -0.125. The Morgan fingerprint density at radius 3 is 2.73 bits per heavy atom. The first-order chi connectivity index (χ1) is 14.3. The Hall–Kier alpha value is -3.23. The maximum atomic E-state index is 12.2. The molecule has 0 bridgehead atoms. The second-order valence-corrected chi connectivity index (χ2v) is 7.97. The molecule has 4 rings (SSSR count). The van der Waals surface area contributed by atoms with Crippen molar-refractivity contribution in [2.45, 2.75) is 33.7 Å². The van der Waals surface area contributed by atoms with Gasteiger partial charge < -0.3 is 15.6 Å². The lowest BCUT2D eigenvalue weighted by Gasteiger charge is -2.29. The van der Waals surface area contributed by atoms with Crippen LogP contribution in [0.5, 0.6) is 0 Å². The third-order valence-corrected chi connectivity index (χ3v) is 6.15. The van der Waals surface area contributed by atoms with Gasteiger partial charge in [-0.3, -0.25) is 9.59 Å². The van der Waals surface area contributed by atoms with Gasteiger partial charge in [-0.05, 0) is 61.4 Å². The molecule has 2 amide bonds. The third-order valence-electron chi connectivity index (χ3n) is 5.85. The SMILES string of the molecule is CC#CC(=O)N1CCc2c(cccc2-c2c(Cl)cc(C(N)=O)c3[nH]c(C)c(C)c23)C1. The normalized spacial score (nSPS) is 13.0. The predicted molar refractivity (Wildman–Crippen MR) is 119 cm³/mol. The zero-order valence-electron chi connectivity index (χ0n) is 17.1. The van der Waals surface area contributed by atoms with Crippen LogP contribution in [0.25, 0.3) is 22.0 Å². The molecule has 5 nitrogen and oxygen atoms in total. The molecule has 30 heavy (non-hydrogen) atoms. The number of nitrogens with two attached hydrogens (primary N) is 1. The van der Waals surface area contributed by atoms with Crippen LogP contribution in [0.15, 0.2) is 24.3 Å². The number of H-pyrrole nitrogens is 1. The van der Waals surface area contributed by atoms with E-state index in [-0.39, 0.29) is 5.91 Å². The highest BCUT2D eigenvalue weighted by atomic mass is 35.5. The number of carbonyl (C=O) groups is 2. The van der Waals surface area contributed by atoms with Crippen LogP contribution in [0.4, 0.5) is 0 Å². The van der Waals surface area contributed by atoms with Crippen molar-refractivity contribution in [3.8, 4) is 23.0 Å². The van der Waals surface area contributed by atoms with Crippen LogP contribution >= 0.6 is 11.6 Å². The van der Waals surface area contributed by atoms with Crippen LogP contribution in [-0.2, 0) is 17.8 Å². The van der Waals surface area contributed by atoms with Crippen molar-refractivity contribution in [1.29, 1.82) is 0 Å². The topological polar surface area (TPSA) is 79.2 Å². The Labute approximate surface area is 180 Å². The number of aromatic nitrogens is 1. The number of hydrogen-bond acceptors (Lipinski definition) is 2. The van der Waals surface area contributed by atoms with Crippen molar-refractivity contribution in [1.82, 2.24) is 9.88 Å². The van der Waals surface area contributed by atoms with E-state index in [1.165, 1.54) is 5.56 Å². The minimum absolute atomic E-state index is 0.156. The van der Waals surface area contributed by atoms with E-state index in [0.29, 0.717) is 35.6 Å². The van der Waals surface area contributed by atoms with Crippen LogP contribution in [0, 0.1) is 25.7 Å². The maximum absolute atomic E-state index is 12.2. The van der Waals surface area contributed by atoms with E-state index in [2.05, 4.69) is 22.9 Å². The summed E-state index contributed by atoms with van der Waals surface area (Å²) in [4.78, 5) is 29.3. The number of fused-ring (bicyclic) bond motifs is 2. The Bertz CT molecular complexity index is 1280. The molecule has 6 heteroatoms. The fourth-order valence-corrected chi connectivity index (χ4v) is 4.59. The van der Waals surface area contributed by atoms with E-state index in [1.807, 2.05) is 26.0 Å². The number of amides is 2. The summed E-state index contributed by atoms with van der Waals surface area (Å²) in [6.07, 6.45) is 0.709. The molecule has 0 unspecified atom stereocenters. The predicted octanol–water partition coefficient (Wildman–Crippen LogP) is 4.11. The van der Waals surface area contributed by atoms with Crippen molar-refractivity contribution in [3.05, 3.63) is 57.2 Å². The molecule has 1 aromatic heterocycles. The second-order valence-electron chi connectivity index (χ2n) is 7.57. The van der Waals surface area contributed by atoms with Gasteiger partial charge in [-0.25, -0.2) is 0 Å². The van der Waals surface area contributed by atoms with Crippen molar-refractivity contribution in [3.63, 3.8) is 0 Å².